The molecule has 0 saturated heterocycles. The summed E-state index contributed by atoms with van der Waals surface area (Å²) in [4.78, 5) is 1.79. The zero-order valence-corrected chi connectivity index (χ0v) is 12.6. The van der Waals surface area contributed by atoms with Crippen LogP contribution in [0.15, 0.2) is 35.2 Å². The van der Waals surface area contributed by atoms with Crippen molar-refractivity contribution in [1.29, 1.82) is 0 Å². The Morgan fingerprint density at radius 3 is 2.63 bits per heavy atom. The Morgan fingerprint density at radius 2 is 2.05 bits per heavy atom. The third-order valence-electron chi connectivity index (χ3n) is 2.53. The van der Waals surface area contributed by atoms with Gasteiger partial charge >= 0.3 is 0 Å². The number of halogens is 1. The summed E-state index contributed by atoms with van der Waals surface area (Å²) in [6.45, 7) is 2.08. The molecule has 1 aromatic carbocycles. The van der Waals surface area contributed by atoms with Crippen molar-refractivity contribution in [3.8, 4) is 0 Å². The quantitative estimate of drug-likeness (QED) is 0.911. The van der Waals surface area contributed by atoms with Crippen LogP contribution in [0.2, 0.25) is 5.02 Å². The molecule has 0 spiro atoms. The number of hydrogen-bond donors (Lipinski definition) is 2. The smallest absolute Gasteiger partial charge is 0.263 e. The predicted octanol–water partition coefficient (Wildman–Crippen LogP) is 2.97. The topological polar surface area (TPSA) is 72.2 Å². The monoisotopic (exact) mass is 316 g/mol. The molecule has 0 radical (unpaired) electrons. The van der Waals surface area contributed by atoms with Crippen LogP contribution in [0, 0.1) is 6.92 Å². The Morgan fingerprint density at radius 1 is 1.37 bits per heavy atom. The van der Waals surface area contributed by atoms with Crippen molar-refractivity contribution in [3.63, 3.8) is 0 Å². The summed E-state index contributed by atoms with van der Waals surface area (Å²) in [5.41, 5.74) is 5.89. The summed E-state index contributed by atoms with van der Waals surface area (Å²) in [6, 6.07) is 8.30. The maximum Gasteiger partial charge on any atom is 0.263 e. The zero-order valence-electron chi connectivity index (χ0n) is 10.2. The van der Waals surface area contributed by atoms with Crippen LogP contribution in [0.1, 0.15) is 9.75 Å². The van der Waals surface area contributed by atoms with Crippen molar-refractivity contribution in [2.45, 2.75) is 18.4 Å². The largest absolute Gasteiger partial charge is 0.326 e. The first-order valence-corrected chi connectivity index (χ1v) is 8.18. The van der Waals surface area contributed by atoms with Gasteiger partial charge in [-0.3, -0.25) is 4.72 Å². The van der Waals surface area contributed by atoms with Crippen LogP contribution in [-0.2, 0) is 16.6 Å². The van der Waals surface area contributed by atoms with E-state index in [1.807, 2.05) is 0 Å². The predicted molar refractivity (Wildman–Crippen MR) is 79.2 cm³/mol. The normalized spacial score (nSPS) is 11.5. The number of nitrogens with two attached hydrogens (primary N) is 1. The van der Waals surface area contributed by atoms with Gasteiger partial charge in [0, 0.05) is 16.3 Å². The fraction of sp³-hybridized carbons (Fsp3) is 0.167. The lowest BCUT2D eigenvalue weighted by Crippen LogP contribution is -2.13. The van der Waals surface area contributed by atoms with Crippen LogP contribution in [0.25, 0.3) is 0 Å². The Labute approximate surface area is 121 Å². The van der Waals surface area contributed by atoms with Gasteiger partial charge in [-0.2, -0.15) is 0 Å². The van der Waals surface area contributed by atoms with Gasteiger partial charge in [-0.25, -0.2) is 8.42 Å². The van der Waals surface area contributed by atoms with E-state index in [4.69, 9.17) is 17.3 Å². The molecule has 19 heavy (non-hydrogen) atoms. The van der Waals surface area contributed by atoms with Crippen LogP contribution in [-0.4, -0.2) is 8.42 Å². The van der Waals surface area contributed by atoms with E-state index in [2.05, 4.69) is 4.72 Å². The highest BCUT2D eigenvalue weighted by Gasteiger charge is 2.20. The van der Waals surface area contributed by atoms with Gasteiger partial charge in [-0.1, -0.05) is 23.7 Å². The maximum atomic E-state index is 12.3. The molecular weight excluding hydrogens is 304 g/mol. The Bertz CT molecular complexity index is 696. The molecule has 0 aliphatic heterocycles. The summed E-state index contributed by atoms with van der Waals surface area (Å²) in [6.07, 6.45) is 0. The number of sulfonamides is 1. The minimum absolute atomic E-state index is 0.248. The first kappa shape index (κ1) is 14.3. The second kappa shape index (κ2) is 5.50. The molecule has 2 aromatic rings. The number of hydrogen-bond acceptors (Lipinski definition) is 4. The zero-order chi connectivity index (χ0) is 14.0. The van der Waals surface area contributed by atoms with E-state index in [0.717, 1.165) is 4.88 Å². The maximum absolute atomic E-state index is 12.3. The molecular formula is C12H13ClN2O2S2. The average molecular weight is 317 g/mol. The highest BCUT2D eigenvalue weighted by atomic mass is 35.5. The van der Waals surface area contributed by atoms with E-state index in [9.17, 15) is 8.42 Å². The van der Waals surface area contributed by atoms with Gasteiger partial charge in [0.05, 0.1) is 10.7 Å². The summed E-state index contributed by atoms with van der Waals surface area (Å²) >= 11 is 7.32. The van der Waals surface area contributed by atoms with Crippen LogP contribution in [0.4, 0.5) is 5.69 Å². The molecule has 0 fully saturated rings. The third kappa shape index (κ3) is 3.09. The molecule has 0 atom stereocenters. The van der Waals surface area contributed by atoms with Gasteiger partial charge in [-0.05, 0) is 25.1 Å². The lowest BCUT2D eigenvalue weighted by atomic mass is 10.3. The summed E-state index contributed by atoms with van der Waals surface area (Å²) in [7, 11) is -3.64. The van der Waals surface area contributed by atoms with Crippen LogP contribution < -0.4 is 10.5 Å². The molecule has 0 aliphatic carbocycles. The van der Waals surface area contributed by atoms with Crippen molar-refractivity contribution < 1.29 is 8.42 Å². The minimum Gasteiger partial charge on any atom is -0.326 e. The average Bonchev–Trinajstić information content (AvgIpc) is 2.74. The molecule has 0 bridgehead atoms. The molecule has 1 heterocycles. The molecule has 2 rings (SSSR count). The number of rotatable bonds is 4. The van der Waals surface area contributed by atoms with E-state index in [-0.39, 0.29) is 4.90 Å². The van der Waals surface area contributed by atoms with Gasteiger partial charge < -0.3 is 5.73 Å². The molecule has 0 saturated carbocycles. The molecule has 4 nitrogen and oxygen atoms in total. The molecule has 102 valence electrons. The van der Waals surface area contributed by atoms with Crippen LogP contribution in [0.3, 0.4) is 0 Å². The van der Waals surface area contributed by atoms with E-state index in [0.29, 0.717) is 22.1 Å². The van der Waals surface area contributed by atoms with Gasteiger partial charge in [-0.15, -0.1) is 11.3 Å². The van der Waals surface area contributed by atoms with Crippen molar-refractivity contribution in [1.82, 2.24) is 0 Å². The van der Waals surface area contributed by atoms with Crippen molar-refractivity contribution >= 4 is 38.6 Å². The van der Waals surface area contributed by atoms with Crippen molar-refractivity contribution in [2.24, 2.45) is 5.73 Å². The SMILES string of the molecule is Cc1sc(CN)cc1S(=O)(=O)Nc1ccccc1Cl. The third-order valence-corrected chi connectivity index (χ3v) is 5.56. The second-order valence-electron chi connectivity index (χ2n) is 3.92. The molecule has 7 heteroatoms. The van der Waals surface area contributed by atoms with E-state index in [1.165, 1.54) is 11.3 Å². The van der Waals surface area contributed by atoms with Crippen molar-refractivity contribution in [3.05, 3.63) is 45.1 Å². The molecule has 0 amide bonds. The number of benzene rings is 1. The first-order chi connectivity index (χ1) is 8.94. The first-order valence-electron chi connectivity index (χ1n) is 5.51. The molecule has 0 unspecified atom stereocenters. The number of aryl methyl sites for hydroxylation is 1. The van der Waals surface area contributed by atoms with Crippen molar-refractivity contribution in [2.75, 3.05) is 4.72 Å². The number of para-hydroxylation sites is 1. The van der Waals surface area contributed by atoms with E-state index < -0.39 is 10.0 Å². The number of nitrogens with one attached hydrogen (secondary N) is 1. The van der Waals surface area contributed by atoms with Gasteiger partial charge in [0.15, 0.2) is 0 Å². The fourth-order valence-electron chi connectivity index (χ4n) is 1.64. The minimum atomic E-state index is -3.64. The van der Waals surface area contributed by atoms with E-state index in [1.54, 1.807) is 37.3 Å². The van der Waals surface area contributed by atoms with Crippen LogP contribution in [0.5, 0.6) is 0 Å². The lowest BCUT2D eigenvalue weighted by Gasteiger charge is -2.08. The molecule has 3 N–H and O–H groups in total. The number of anilines is 1. The van der Waals surface area contributed by atoms with Gasteiger partial charge in [0.1, 0.15) is 4.90 Å². The summed E-state index contributed by atoms with van der Waals surface area (Å²) in [5, 5.41) is 0.359. The number of thiophene rings is 1. The highest BCUT2D eigenvalue weighted by Crippen LogP contribution is 2.29. The second-order valence-corrected chi connectivity index (χ2v) is 7.32. The fourth-order valence-corrected chi connectivity index (χ4v) is 4.47. The molecule has 0 aliphatic rings. The highest BCUT2D eigenvalue weighted by molar-refractivity contribution is 7.93. The summed E-state index contributed by atoms with van der Waals surface area (Å²) < 4.78 is 27.1. The molecule has 1 aromatic heterocycles. The standard InChI is InChI=1S/C12H13ClN2O2S2/c1-8-12(6-9(7-14)18-8)19(16,17)15-11-5-3-2-4-10(11)13/h2-6,15H,7,14H2,1H3. The van der Waals surface area contributed by atoms with Gasteiger partial charge in [0.25, 0.3) is 10.0 Å². The van der Waals surface area contributed by atoms with E-state index >= 15 is 0 Å². The van der Waals surface area contributed by atoms with Crippen LogP contribution >= 0.6 is 22.9 Å². The summed E-state index contributed by atoms with van der Waals surface area (Å²) in [5.74, 6) is 0. The lowest BCUT2D eigenvalue weighted by molar-refractivity contribution is 0.601. The Kier molecular flexibility index (Phi) is 4.15. The van der Waals surface area contributed by atoms with Gasteiger partial charge in [0.2, 0.25) is 0 Å². The Hall–Kier alpha value is -1.08. The Balaban J connectivity index is 2.38.